The molecule has 4 heterocycles. The van der Waals surface area contributed by atoms with Crippen LogP contribution in [0.2, 0.25) is 0 Å². The van der Waals surface area contributed by atoms with E-state index in [4.69, 9.17) is 9.47 Å². The molecule has 1 spiro atoms. The second kappa shape index (κ2) is 8.16. The van der Waals surface area contributed by atoms with E-state index in [0.717, 1.165) is 44.5 Å². The lowest BCUT2D eigenvalue weighted by Gasteiger charge is -2.45. The van der Waals surface area contributed by atoms with Crippen molar-refractivity contribution in [3.05, 3.63) is 47.4 Å². The second-order valence-electron chi connectivity index (χ2n) is 8.35. The van der Waals surface area contributed by atoms with Crippen LogP contribution in [0.1, 0.15) is 42.5 Å². The van der Waals surface area contributed by atoms with Gasteiger partial charge in [-0.2, -0.15) is 5.26 Å². The first-order valence-electron chi connectivity index (χ1n) is 10.8. The van der Waals surface area contributed by atoms with Crippen LogP contribution in [-0.4, -0.2) is 48.2 Å². The maximum absolute atomic E-state index is 11.4. The highest BCUT2D eigenvalue weighted by Gasteiger charge is 2.41. The SMILES string of the molecule is N#Cc1nccnc1N1CCC2(CC1)OCCc1cc(OC[C@H]3CCC(=O)N3)ccc12. The van der Waals surface area contributed by atoms with Crippen molar-refractivity contribution >= 4 is 11.7 Å². The molecule has 8 heteroatoms. The molecule has 1 amide bonds. The molecule has 0 saturated carbocycles. The zero-order chi connectivity index (χ0) is 21.3. The van der Waals surface area contributed by atoms with Gasteiger partial charge in [0.25, 0.3) is 0 Å². The predicted molar refractivity (Wildman–Crippen MR) is 113 cm³/mol. The summed E-state index contributed by atoms with van der Waals surface area (Å²) in [5.41, 5.74) is 2.56. The number of piperidine rings is 1. The maximum Gasteiger partial charge on any atom is 0.220 e. The predicted octanol–water partition coefficient (Wildman–Crippen LogP) is 2.07. The Morgan fingerprint density at radius 2 is 2.10 bits per heavy atom. The quantitative estimate of drug-likeness (QED) is 0.810. The van der Waals surface area contributed by atoms with Crippen molar-refractivity contribution in [2.75, 3.05) is 31.2 Å². The largest absolute Gasteiger partial charge is 0.491 e. The van der Waals surface area contributed by atoms with Crippen molar-refractivity contribution in [3.8, 4) is 11.8 Å². The Balaban J connectivity index is 1.29. The van der Waals surface area contributed by atoms with E-state index >= 15 is 0 Å². The Morgan fingerprint density at radius 3 is 2.87 bits per heavy atom. The first kappa shape index (κ1) is 19.8. The average Bonchev–Trinajstić information content (AvgIpc) is 3.23. The molecule has 0 bridgehead atoms. The summed E-state index contributed by atoms with van der Waals surface area (Å²) in [5.74, 6) is 1.60. The van der Waals surface area contributed by atoms with E-state index in [1.807, 2.05) is 6.07 Å². The third kappa shape index (κ3) is 3.81. The number of carbonyl (C=O) groups is 1. The van der Waals surface area contributed by atoms with Gasteiger partial charge in [-0.3, -0.25) is 4.79 Å². The number of hydrogen-bond acceptors (Lipinski definition) is 7. The van der Waals surface area contributed by atoms with Crippen molar-refractivity contribution < 1.29 is 14.3 Å². The lowest BCUT2D eigenvalue weighted by atomic mass is 9.79. The van der Waals surface area contributed by atoms with Crippen LogP contribution in [0, 0.1) is 11.3 Å². The number of nitrogens with zero attached hydrogens (tertiary/aromatic N) is 4. The third-order valence-electron chi connectivity index (χ3n) is 6.51. The zero-order valence-corrected chi connectivity index (χ0v) is 17.3. The molecular weight excluding hydrogens is 394 g/mol. The number of hydrogen-bond donors (Lipinski definition) is 1. The van der Waals surface area contributed by atoms with Crippen LogP contribution in [0.4, 0.5) is 5.82 Å². The van der Waals surface area contributed by atoms with Crippen molar-refractivity contribution in [1.82, 2.24) is 15.3 Å². The second-order valence-corrected chi connectivity index (χ2v) is 8.35. The number of carbonyl (C=O) groups excluding carboxylic acids is 1. The van der Waals surface area contributed by atoms with Gasteiger partial charge in [0, 0.05) is 31.9 Å². The lowest BCUT2D eigenvalue weighted by Crippen LogP contribution is -2.47. The van der Waals surface area contributed by atoms with Crippen LogP contribution in [-0.2, 0) is 21.6 Å². The fraction of sp³-hybridized carbons (Fsp3) is 0.478. The smallest absolute Gasteiger partial charge is 0.220 e. The molecule has 0 radical (unpaired) electrons. The van der Waals surface area contributed by atoms with Crippen molar-refractivity contribution in [3.63, 3.8) is 0 Å². The van der Waals surface area contributed by atoms with Crippen LogP contribution < -0.4 is 15.0 Å². The van der Waals surface area contributed by atoms with E-state index in [1.54, 1.807) is 12.4 Å². The summed E-state index contributed by atoms with van der Waals surface area (Å²) in [6.07, 6.45) is 7.11. The van der Waals surface area contributed by atoms with Gasteiger partial charge in [0.05, 0.1) is 18.2 Å². The Morgan fingerprint density at radius 1 is 1.26 bits per heavy atom. The number of fused-ring (bicyclic) bond motifs is 2. The number of nitrogens with one attached hydrogen (secondary N) is 1. The molecule has 2 fully saturated rings. The average molecular weight is 419 g/mol. The van der Waals surface area contributed by atoms with Crippen LogP contribution in [0.5, 0.6) is 5.75 Å². The van der Waals surface area contributed by atoms with E-state index in [2.05, 4.69) is 38.4 Å². The molecule has 1 aromatic carbocycles. The van der Waals surface area contributed by atoms with Gasteiger partial charge in [-0.25, -0.2) is 9.97 Å². The summed E-state index contributed by atoms with van der Waals surface area (Å²) < 4.78 is 12.3. The Kier molecular flexibility index (Phi) is 5.20. The topological polar surface area (TPSA) is 100 Å². The molecule has 0 unspecified atom stereocenters. The first-order valence-corrected chi connectivity index (χ1v) is 10.8. The molecular formula is C23H25N5O3. The van der Waals surface area contributed by atoms with Gasteiger partial charge in [0.2, 0.25) is 5.91 Å². The zero-order valence-electron chi connectivity index (χ0n) is 17.3. The molecule has 5 rings (SSSR count). The van der Waals surface area contributed by atoms with Gasteiger partial charge in [-0.1, -0.05) is 6.07 Å². The van der Waals surface area contributed by atoms with Crippen LogP contribution in [0.3, 0.4) is 0 Å². The van der Waals surface area contributed by atoms with Crippen molar-refractivity contribution in [2.24, 2.45) is 0 Å². The summed E-state index contributed by atoms with van der Waals surface area (Å²) in [7, 11) is 0. The molecule has 2 aromatic rings. The van der Waals surface area contributed by atoms with Crippen LogP contribution in [0.25, 0.3) is 0 Å². The van der Waals surface area contributed by atoms with E-state index in [9.17, 15) is 10.1 Å². The summed E-state index contributed by atoms with van der Waals surface area (Å²) in [5, 5.41) is 12.3. The summed E-state index contributed by atoms with van der Waals surface area (Å²) in [4.78, 5) is 22.0. The normalized spacial score (nSPS) is 22.0. The van der Waals surface area contributed by atoms with E-state index in [1.165, 1.54) is 11.1 Å². The highest BCUT2D eigenvalue weighted by atomic mass is 16.5. The first-order chi connectivity index (χ1) is 15.2. The van der Waals surface area contributed by atoms with Gasteiger partial charge >= 0.3 is 0 Å². The molecule has 160 valence electrons. The van der Waals surface area contributed by atoms with Gasteiger partial charge in [-0.15, -0.1) is 0 Å². The highest BCUT2D eigenvalue weighted by molar-refractivity contribution is 5.78. The Hall–Kier alpha value is -3.18. The summed E-state index contributed by atoms with van der Waals surface area (Å²) in [6, 6.07) is 8.50. The number of aromatic nitrogens is 2. The number of nitriles is 1. The molecule has 8 nitrogen and oxygen atoms in total. The summed E-state index contributed by atoms with van der Waals surface area (Å²) >= 11 is 0. The Bertz CT molecular complexity index is 1030. The number of benzene rings is 1. The van der Waals surface area contributed by atoms with E-state index in [0.29, 0.717) is 31.1 Å². The molecule has 31 heavy (non-hydrogen) atoms. The van der Waals surface area contributed by atoms with Crippen molar-refractivity contribution in [2.45, 2.75) is 43.7 Å². The minimum atomic E-state index is -0.308. The minimum absolute atomic E-state index is 0.0990. The minimum Gasteiger partial charge on any atom is -0.491 e. The van der Waals surface area contributed by atoms with Crippen LogP contribution in [0.15, 0.2) is 30.6 Å². The number of ether oxygens (including phenoxy) is 2. The van der Waals surface area contributed by atoms with Crippen molar-refractivity contribution in [1.29, 1.82) is 5.26 Å². The highest BCUT2D eigenvalue weighted by Crippen LogP contribution is 2.43. The fourth-order valence-electron chi connectivity index (χ4n) is 4.88. The summed E-state index contributed by atoms with van der Waals surface area (Å²) in [6.45, 7) is 2.70. The van der Waals surface area contributed by atoms with Crippen LogP contribution >= 0.6 is 0 Å². The molecule has 1 aromatic heterocycles. The maximum atomic E-state index is 11.4. The third-order valence-corrected chi connectivity index (χ3v) is 6.51. The van der Waals surface area contributed by atoms with Gasteiger partial charge in [-0.05, 0) is 48.9 Å². The molecule has 3 aliphatic heterocycles. The molecule has 1 atom stereocenters. The van der Waals surface area contributed by atoms with E-state index in [-0.39, 0.29) is 17.6 Å². The standard InChI is InChI=1S/C23H25N5O3/c24-14-20-22(26-9-8-25-20)28-10-6-23(7-11-28)19-3-2-18(13-16(19)5-12-31-23)30-15-17-1-4-21(29)27-17/h2-3,8-9,13,17H,1,4-7,10-12,15H2,(H,27,29)/t17-/m1/s1. The fourth-order valence-corrected chi connectivity index (χ4v) is 4.88. The molecule has 1 N–H and O–H groups in total. The van der Waals surface area contributed by atoms with E-state index < -0.39 is 0 Å². The number of amides is 1. The molecule has 3 aliphatic rings. The van der Waals surface area contributed by atoms with Gasteiger partial charge in [0.15, 0.2) is 11.5 Å². The Labute approximate surface area is 181 Å². The number of rotatable bonds is 4. The lowest BCUT2D eigenvalue weighted by molar-refractivity contribution is -0.119. The monoisotopic (exact) mass is 419 g/mol. The molecule has 0 aliphatic carbocycles. The number of anilines is 1. The molecule has 2 saturated heterocycles. The van der Waals surface area contributed by atoms with Gasteiger partial charge in [0.1, 0.15) is 18.4 Å². The van der Waals surface area contributed by atoms with Gasteiger partial charge < -0.3 is 19.7 Å².